The van der Waals surface area contributed by atoms with Gasteiger partial charge in [0.15, 0.2) is 5.69 Å². The first-order valence-corrected chi connectivity index (χ1v) is 8.74. The molecular weight excluding hydrogens is 322 g/mol. The number of aromatic hydroxyl groups is 1. The van der Waals surface area contributed by atoms with Gasteiger partial charge < -0.3 is 19.9 Å². The maximum Gasteiger partial charge on any atom is 0.220 e. The number of fused-ring (bicyclic) bond motifs is 1. The Balaban J connectivity index is 2.11. The number of benzene rings is 1. The van der Waals surface area contributed by atoms with Gasteiger partial charge in [0, 0.05) is 24.9 Å². The Morgan fingerprint density at radius 2 is 2.08 bits per heavy atom. The van der Waals surface area contributed by atoms with Crippen LogP contribution in [0.1, 0.15) is 19.8 Å². The van der Waals surface area contributed by atoms with Crippen LogP contribution in [0.15, 0.2) is 34.5 Å². The number of azo groups is 1. The Labute approximate surface area is 148 Å². The summed E-state index contributed by atoms with van der Waals surface area (Å²) in [4.78, 5) is 1.40. The summed E-state index contributed by atoms with van der Waals surface area (Å²) >= 11 is 5.19. The Hall–Kier alpha value is -1.99. The first-order chi connectivity index (χ1) is 11.5. The van der Waals surface area contributed by atoms with E-state index in [1.807, 2.05) is 28.8 Å². The van der Waals surface area contributed by atoms with Crippen LogP contribution in [0.2, 0.25) is 0 Å². The molecule has 1 aromatic carbocycles. The lowest BCUT2D eigenvalue weighted by atomic mass is 10.2. The maximum atomic E-state index is 10.5. The molecule has 0 radical (unpaired) electrons. The fraction of sp³-hybridized carbons (Fsp3) is 0.471. The summed E-state index contributed by atoms with van der Waals surface area (Å²) in [5, 5.41) is 23.0. The number of para-hydroxylation sites is 1. The van der Waals surface area contributed by atoms with E-state index in [1.54, 1.807) is 0 Å². The molecule has 2 aromatic rings. The zero-order valence-electron chi connectivity index (χ0n) is 14.5. The first kappa shape index (κ1) is 18.4. The minimum absolute atomic E-state index is 0.140. The van der Waals surface area contributed by atoms with Crippen molar-refractivity contribution in [2.24, 2.45) is 10.2 Å². The summed E-state index contributed by atoms with van der Waals surface area (Å²) in [5.74, 6) is 0.140. The van der Waals surface area contributed by atoms with Crippen molar-refractivity contribution in [3.05, 3.63) is 24.3 Å². The summed E-state index contributed by atoms with van der Waals surface area (Å²) in [6.45, 7) is 4.64. The highest BCUT2D eigenvalue weighted by molar-refractivity contribution is 7.80. The number of aryl methyl sites for hydroxylation is 1. The number of hydrogen-bond donors (Lipinski definition) is 3. The van der Waals surface area contributed by atoms with Crippen molar-refractivity contribution in [2.45, 2.75) is 26.3 Å². The molecule has 6 nitrogen and oxygen atoms in total. The lowest BCUT2D eigenvalue weighted by Gasteiger charge is -2.07. The van der Waals surface area contributed by atoms with Gasteiger partial charge in [-0.2, -0.15) is 0 Å². The van der Waals surface area contributed by atoms with E-state index < -0.39 is 0 Å². The Morgan fingerprint density at radius 3 is 2.79 bits per heavy atom. The quantitative estimate of drug-likeness (QED) is 0.408. The molecular formula is C17H26N5OS+. The normalized spacial score (nSPS) is 11.7. The van der Waals surface area contributed by atoms with Crippen LogP contribution in [0.5, 0.6) is 5.88 Å². The van der Waals surface area contributed by atoms with E-state index in [0.717, 1.165) is 43.4 Å². The average Bonchev–Trinajstić information content (AvgIpc) is 2.82. The second kappa shape index (κ2) is 8.75. The lowest BCUT2D eigenvalue weighted by molar-refractivity contribution is -0.858. The largest absolute Gasteiger partial charge is 0.493 e. The standard InChI is InChI=1S/C17H25N5OS/c1-4-11-22-14-9-6-5-8-13(14)15(16(22)23)19-20-17(24)18-10-7-12-21(2)3/h5-6,8-9,23H,4,7,10-12H2,1-3H3,(H,18,24)/p+1. The molecule has 0 saturated heterocycles. The highest BCUT2D eigenvalue weighted by Crippen LogP contribution is 2.38. The van der Waals surface area contributed by atoms with Crippen molar-refractivity contribution >= 4 is 33.9 Å². The van der Waals surface area contributed by atoms with Crippen molar-refractivity contribution in [1.29, 1.82) is 0 Å². The monoisotopic (exact) mass is 348 g/mol. The second-order valence-electron chi connectivity index (χ2n) is 6.08. The predicted molar refractivity (Wildman–Crippen MR) is 101 cm³/mol. The molecule has 24 heavy (non-hydrogen) atoms. The third-order valence-corrected chi connectivity index (χ3v) is 3.96. The van der Waals surface area contributed by atoms with Crippen molar-refractivity contribution < 1.29 is 10.0 Å². The molecule has 0 bridgehead atoms. The summed E-state index contributed by atoms with van der Waals surface area (Å²) in [5.41, 5.74) is 1.43. The van der Waals surface area contributed by atoms with Crippen LogP contribution in [0, 0.1) is 0 Å². The number of hydrogen-bond acceptors (Lipinski definition) is 3. The van der Waals surface area contributed by atoms with Crippen molar-refractivity contribution in [1.82, 2.24) is 9.88 Å². The van der Waals surface area contributed by atoms with Crippen LogP contribution in [0.3, 0.4) is 0 Å². The fourth-order valence-corrected chi connectivity index (χ4v) is 2.73. The number of rotatable bonds is 7. The van der Waals surface area contributed by atoms with Crippen LogP contribution < -0.4 is 10.2 Å². The topological polar surface area (TPSA) is 66.3 Å². The van der Waals surface area contributed by atoms with Gasteiger partial charge >= 0.3 is 0 Å². The SMILES string of the molecule is CCCn1c(O)c(N=NC(=S)NCCC[NH+](C)C)c2ccccc21. The van der Waals surface area contributed by atoms with Crippen LogP contribution >= 0.6 is 12.2 Å². The van der Waals surface area contributed by atoms with Crippen molar-refractivity contribution in [3.8, 4) is 5.88 Å². The average molecular weight is 348 g/mol. The van der Waals surface area contributed by atoms with Gasteiger partial charge in [0.2, 0.25) is 11.0 Å². The van der Waals surface area contributed by atoms with Gasteiger partial charge in [0.1, 0.15) is 0 Å². The zero-order valence-corrected chi connectivity index (χ0v) is 15.4. The van der Waals surface area contributed by atoms with E-state index in [1.165, 1.54) is 4.90 Å². The summed E-state index contributed by atoms with van der Waals surface area (Å²) in [6.07, 6.45) is 1.94. The van der Waals surface area contributed by atoms with Gasteiger partial charge in [-0.3, -0.25) is 0 Å². The van der Waals surface area contributed by atoms with E-state index in [4.69, 9.17) is 12.2 Å². The van der Waals surface area contributed by atoms with Gasteiger partial charge in [0.25, 0.3) is 0 Å². The van der Waals surface area contributed by atoms with Gasteiger partial charge in [0.05, 0.1) is 26.2 Å². The van der Waals surface area contributed by atoms with E-state index >= 15 is 0 Å². The van der Waals surface area contributed by atoms with Gasteiger partial charge in [-0.05, 0) is 24.7 Å². The molecule has 7 heteroatoms. The fourth-order valence-electron chi connectivity index (χ4n) is 2.59. The molecule has 2 rings (SSSR count). The number of quaternary nitrogens is 1. The minimum Gasteiger partial charge on any atom is -0.493 e. The third-order valence-electron chi connectivity index (χ3n) is 3.74. The molecule has 1 aromatic heterocycles. The number of nitrogens with one attached hydrogen (secondary N) is 2. The second-order valence-corrected chi connectivity index (χ2v) is 6.47. The minimum atomic E-state index is 0.140. The molecule has 0 atom stereocenters. The van der Waals surface area contributed by atoms with Crippen LogP contribution in [0.25, 0.3) is 10.9 Å². The predicted octanol–water partition coefficient (Wildman–Crippen LogP) is 2.25. The van der Waals surface area contributed by atoms with E-state index in [2.05, 4.69) is 36.6 Å². The molecule has 0 unspecified atom stereocenters. The number of thiocarbonyl (C=S) groups is 1. The van der Waals surface area contributed by atoms with Gasteiger partial charge in [-0.1, -0.05) is 25.1 Å². The van der Waals surface area contributed by atoms with Crippen LogP contribution in [0.4, 0.5) is 5.69 Å². The summed E-state index contributed by atoms with van der Waals surface area (Å²) in [6, 6.07) is 7.79. The molecule has 0 aliphatic rings. The van der Waals surface area contributed by atoms with Crippen molar-refractivity contribution in [3.63, 3.8) is 0 Å². The van der Waals surface area contributed by atoms with Gasteiger partial charge in [-0.25, -0.2) is 0 Å². The third kappa shape index (κ3) is 4.52. The first-order valence-electron chi connectivity index (χ1n) is 8.33. The molecule has 0 saturated carbocycles. The van der Waals surface area contributed by atoms with Gasteiger partial charge in [-0.15, -0.1) is 10.2 Å². The lowest BCUT2D eigenvalue weighted by Crippen LogP contribution is -3.05. The van der Waals surface area contributed by atoms with E-state index in [-0.39, 0.29) is 5.88 Å². The molecule has 0 amide bonds. The molecule has 130 valence electrons. The highest BCUT2D eigenvalue weighted by atomic mass is 32.1. The smallest absolute Gasteiger partial charge is 0.220 e. The summed E-state index contributed by atoms with van der Waals surface area (Å²) < 4.78 is 1.86. The Kier molecular flexibility index (Phi) is 6.69. The van der Waals surface area contributed by atoms with Crippen LogP contribution in [-0.2, 0) is 6.54 Å². The van der Waals surface area contributed by atoms with Crippen molar-refractivity contribution in [2.75, 3.05) is 27.2 Å². The molecule has 3 N–H and O–H groups in total. The van der Waals surface area contributed by atoms with E-state index in [0.29, 0.717) is 10.8 Å². The van der Waals surface area contributed by atoms with Crippen LogP contribution in [-0.4, -0.2) is 42.0 Å². The Morgan fingerprint density at radius 1 is 1.33 bits per heavy atom. The van der Waals surface area contributed by atoms with E-state index in [9.17, 15) is 5.11 Å². The number of aromatic nitrogens is 1. The molecule has 0 aliphatic carbocycles. The molecule has 0 fully saturated rings. The highest BCUT2D eigenvalue weighted by Gasteiger charge is 2.15. The molecule has 0 spiro atoms. The zero-order chi connectivity index (χ0) is 17.5. The molecule has 0 aliphatic heterocycles. The maximum absolute atomic E-state index is 10.5. The Bertz CT molecular complexity index is 723. The number of nitrogens with zero attached hydrogens (tertiary/aromatic N) is 3. The molecule has 1 heterocycles. The summed E-state index contributed by atoms with van der Waals surface area (Å²) in [7, 11) is 4.24.